The molecule has 2 aromatic heterocycles. The fraction of sp³-hybridized carbons (Fsp3) is 0.333. The van der Waals surface area contributed by atoms with E-state index in [0.29, 0.717) is 33.5 Å². The molecule has 0 saturated carbocycles. The molecule has 2 aromatic carbocycles. The highest BCUT2D eigenvalue weighted by Gasteiger charge is 2.32. The summed E-state index contributed by atoms with van der Waals surface area (Å²) in [6.07, 6.45) is -0.648. The molecule has 2 heterocycles. The van der Waals surface area contributed by atoms with Gasteiger partial charge in [0.2, 0.25) is 0 Å². The molecule has 0 aliphatic rings. The van der Waals surface area contributed by atoms with Crippen molar-refractivity contribution in [3.05, 3.63) is 76.1 Å². The molecule has 0 bridgehead atoms. The molecule has 4 nitrogen and oxygen atoms in total. The van der Waals surface area contributed by atoms with Crippen LogP contribution in [0.25, 0.3) is 22.0 Å². The zero-order valence-corrected chi connectivity index (χ0v) is 25.8. The third-order valence-electron chi connectivity index (χ3n) is 6.52. The number of pyridine rings is 1. The van der Waals surface area contributed by atoms with Gasteiger partial charge in [-0.1, -0.05) is 42.5 Å². The van der Waals surface area contributed by atoms with E-state index in [1.165, 1.54) is 24.1 Å². The van der Waals surface area contributed by atoms with Crippen LogP contribution in [0.1, 0.15) is 43.6 Å². The topological polar surface area (TPSA) is 42.7 Å². The minimum absolute atomic E-state index is 0.186. The summed E-state index contributed by atoms with van der Waals surface area (Å²) in [5.41, 5.74) is 2.55. The monoisotopic (exact) mass is 638 g/mol. The Labute approximate surface area is 254 Å². The normalized spacial score (nSPS) is 12.7. The fourth-order valence-electron chi connectivity index (χ4n) is 4.54. The molecule has 1 atom stereocenters. The first-order valence-electron chi connectivity index (χ1n) is 12.8. The number of thioether (sulfide) groups is 1. The van der Waals surface area contributed by atoms with E-state index in [2.05, 4.69) is 21.7 Å². The maximum Gasteiger partial charge on any atom is 0.408 e. The summed E-state index contributed by atoms with van der Waals surface area (Å²) >= 11 is 9.27. The number of benzene rings is 2. The lowest BCUT2D eigenvalue weighted by atomic mass is 9.90. The Balaban J connectivity index is 1.96. The molecular formula is C30H28ClF5N4S2. The molecular weight excluding hydrogens is 611 g/mol. The largest absolute Gasteiger partial charge is 0.408 e. The Kier molecular flexibility index (Phi) is 9.70. The van der Waals surface area contributed by atoms with Crippen molar-refractivity contribution in [1.82, 2.24) is 14.8 Å². The van der Waals surface area contributed by atoms with Crippen LogP contribution in [0.2, 0.25) is 5.02 Å². The van der Waals surface area contributed by atoms with Gasteiger partial charge >= 0.3 is 6.18 Å². The maximum atomic E-state index is 14.0. The van der Waals surface area contributed by atoms with Gasteiger partial charge in [-0.05, 0) is 68.3 Å². The van der Waals surface area contributed by atoms with E-state index in [-0.39, 0.29) is 27.5 Å². The highest BCUT2D eigenvalue weighted by Crippen LogP contribution is 2.41. The van der Waals surface area contributed by atoms with E-state index >= 15 is 0 Å². The summed E-state index contributed by atoms with van der Waals surface area (Å²) in [4.78, 5) is 4.83. The molecule has 42 heavy (non-hydrogen) atoms. The first-order chi connectivity index (χ1) is 19.7. The van der Waals surface area contributed by atoms with Crippen LogP contribution < -0.4 is 4.72 Å². The Bertz CT molecular complexity index is 1650. The molecule has 4 aromatic rings. The molecule has 0 radical (unpaired) electrons. The third kappa shape index (κ3) is 7.52. The molecule has 0 aliphatic heterocycles. The number of aromatic nitrogens is 3. The molecule has 0 aliphatic carbocycles. The van der Waals surface area contributed by atoms with Gasteiger partial charge in [0.1, 0.15) is 23.9 Å². The smallest absolute Gasteiger partial charge is 0.313 e. The molecule has 222 valence electrons. The van der Waals surface area contributed by atoms with Crippen molar-refractivity contribution in [1.29, 1.82) is 0 Å². The van der Waals surface area contributed by atoms with Crippen molar-refractivity contribution in [3.63, 3.8) is 0 Å². The van der Waals surface area contributed by atoms with E-state index in [1.54, 1.807) is 42.3 Å². The summed E-state index contributed by atoms with van der Waals surface area (Å²) in [6, 6.07) is 10.0. The standard InChI is InChI=1S/C30H28ClF5N4S2/c1-17(12-18-13-19(32)15-20(33)14-18)26-22(7-6-21(37-26)10-11-29(2,3)41-4)23-8-9-24(31)25-27(23)40(16-30(34,35)36)38-28(25)39-42-5/h6-9,13-15,17H,12,16H2,1-5H3,(H,38,39)/t17-/m0/s1. The average molecular weight is 639 g/mol. The van der Waals surface area contributed by atoms with Crippen molar-refractivity contribution in [3.8, 4) is 23.0 Å². The number of hydrogen-bond acceptors (Lipinski definition) is 5. The number of hydrogen-bond donors (Lipinski definition) is 1. The van der Waals surface area contributed by atoms with Crippen molar-refractivity contribution in [2.45, 2.75) is 50.6 Å². The Hall–Kier alpha value is -2.94. The van der Waals surface area contributed by atoms with Crippen LogP contribution >= 0.6 is 35.3 Å². The number of fused-ring (bicyclic) bond motifs is 1. The first-order valence-corrected chi connectivity index (χ1v) is 15.6. The van der Waals surface area contributed by atoms with Gasteiger partial charge in [0, 0.05) is 29.4 Å². The lowest BCUT2D eigenvalue weighted by Crippen LogP contribution is -2.19. The molecule has 0 unspecified atom stereocenters. The van der Waals surface area contributed by atoms with Crippen LogP contribution in [0.15, 0.2) is 42.5 Å². The van der Waals surface area contributed by atoms with E-state index in [1.807, 2.05) is 27.0 Å². The number of anilines is 1. The van der Waals surface area contributed by atoms with E-state index < -0.39 is 30.3 Å². The number of alkyl halides is 3. The molecule has 0 amide bonds. The van der Waals surface area contributed by atoms with Crippen molar-refractivity contribution < 1.29 is 22.0 Å². The van der Waals surface area contributed by atoms with Gasteiger partial charge < -0.3 is 4.72 Å². The van der Waals surface area contributed by atoms with Crippen LogP contribution in [0.5, 0.6) is 0 Å². The van der Waals surface area contributed by atoms with Gasteiger partial charge in [-0.2, -0.15) is 18.3 Å². The second kappa shape index (κ2) is 12.7. The lowest BCUT2D eigenvalue weighted by molar-refractivity contribution is -0.141. The van der Waals surface area contributed by atoms with E-state index in [4.69, 9.17) is 16.6 Å². The van der Waals surface area contributed by atoms with Crippen LogP contribution in [-0.4, -0.2) is 38.2 Å². The van der Waals surface area contributed by atoms with Crippen LogP contribution in [0.3, 0.4) is 0 Å². The Morgan fingerprint density at radius 2 is 1.69 bits per heavy atom. The SMILES string of the molecule is CSNc1nn(CC(F)(F)F)c2c(-c3ccc(C#CC(C)(C)SC)nc3[C@@H](C)Cc3cc(F)cc(F)c3)ccc(Cl)c12. The molecule has 1 N–H and O–H groups in total. The zero-order valence-electron chi connectivity index (χ0n) is 23.5. The van der Waals surface area contributed by atoms with Gasteiger partial charge in [-0.3, -0.25) is 4.68 Å². The van der Waals surface area contributed by atoms with Gasteiger partial charge in [-0.25, -0.2) is 13.8 Å². The van der Waals surface area contributed by atoms with Gasteiger partial charge in [0.25, 0.3) is 0 Å². The second-order valence-electron chi connectivity index (χ2n) is 10.2. The van der Waals surface area contributed by atoms with Crippen molar-refractivity contribution in [2.75, 3.05) is 17.2 Å². The average Bonchev–Trinajstić information content (AvgIpc) is 3.24. The molecule has 0 fully saturated rings. The summed E-state index contributed by atoms with van der Waals surface area (Å²) in [6.45, 7) is 4.47. The highest BCUT2D eigenvalue weighted by molar-refractivity contribution is 8.00. The first kappa shape index (κ1) is 32.0. The predicted octanol–water partition coefficient (Wildman–Crippen LogP) is 9.12. The van der Waals surface area contributed by atoms with Gasteiger partial charge in [-0.15, -0.1) is 11.8 Å². The molecule has 0 spiro atoms. The van der Waals surface area contributed by atoms with Gasteiger partial charge in [0.05, 0.1) is 26.4 Å². The Morgan fingerprint density at radius 1 is 1.02 bits per heavy atom. The summed E-state index contributed by atoms with van der Waals surface area (Å²) < 4.78 is 72.5. The van der Waals surface area contributed by atoms with E-state index in [9.17, 15) is 22.0 Å². The summed E-state index contributed by atoms with van der Waals surface area (Å²) in [7, 11) is 0. The third-order valence-corrected chi connectivity index (χ3v) is 8.35. The highest BCUT2D eigenvalue weighted by atomic mass is 35.5. The summed E-state index contributed by atoms with van der Waals surface area (Å²) in [5.74, 6) is 4.69. The number of nitrogens with zero attached hydrogens (tertiary/aromatic N) is 3. The van der Waals surface area contributed by atoms with Crippen molar-refractivity contribution >= 4 is 52.0 Å². The maximum absolute atomic E-state index is 14.0. The lowest BCUT2D eigenvalue weighted by Gasteiger charge is -2.18. The Morgan fingerprint density at radius 3 is 2.31 bits per heavy atom. The number of rotatable bonds is 8. The van der Waals surface area contributed by atoms with Crippen LogP contribution in [-0.2, 0) is 13.0 Å². The molecule has 12 heteroatoms. The molecule has 4 rings (SSSR count). The fourth-order valence-corrected chi connectivity index (χ4v) is 5.27. The number of nitrogens with one attached hydrogen (secondary N) is 1. The summed E-state index contributed by atoms with van der Waals surface area (Å²) in [5, 5.41) is 4.78. The van der Waals surface area contributed by atoms with E-state index in [0.717, 1.165) is 10.7 Å². The predicted molar refractivity (Wildman–Crippen MR) is 164 cm³/mol. The minimum Gasteiger partial charge on any atom is -0.313 e. The zero-order chi connectivity index (χ0) is 30.8. The van der Waals surface area contributed by atoms with Gasteiger partial charge in [0.15, 0.2) is 5.82 Å². The van der Waals surface area contributed by atoms with Crippen LogP contribution in [0, 0.1) is 23.5 Å². The van der Waals surface area contributed by atoms with Crippen LogP contribution in [0.4, 0.5) is 27.8 Å². The second-order valence-corrected chi connectivity index (χ2v) is 12.7. The number of halogens is 6. The quantitative estimate of drug-likeness (QED) is 0.118. The van der Waals surface area contributed by atoms with Crippen molar-refractivity contribution in [2.24, 2.45) is 0 Å². The molecule has 0 saturated heterocycles. The minimum atomic E-state index is -4.55.